The van der Waals surface area contributed by atoms with Gasteiger partial charge in [0.15, 0.2) is 4.96 Å². The highest BCUT2D eigenvalue weighted by Gasteiger charge is 2.18. The van der Waals surface area contributed by atoms with Crippen LogP contribution in [0.15, 0.2) is 41.3 Å². The second kappa shape index (κ2) is 7.01. The minimum atomic E-state index is -0.535. The van der Waals surface area contributed by atoms with Crippen LogP contribution in [0, 0.1) is 13.8 Å². The van der Waals surface area contributed by atoms with Crippen LogP contribution in [0.3, 0.4) is 0 Å². The van der Waals surface area contributed by atoms with Crippen molar-refractivity contribution >= 4 is 38.7 Å². The van der Waals surface area contributed by atoms with Gasteiger partial charge in [0.2, 0.25) is 5.13 Å². The minimum Gasteiger partial charge on any atom is -0.296 e. The van der Waals surface area contributed by atoms with Gasteiger partial charge in [-0.3, -0.25) is 19.3 Å². The molecule has 1 aromatic carbocycles. The van der Waals surface area contributed by atoms with Crippen molar-refractivity contribution < 1.29 is 4.79 Å². The molecule has 136 valence electrons. The maximum Gasteiger partial charge on any atom is 0.271 e. The van der Waals surface area contributed by atoms with Crippen molar-refractivity contribution in [3.63, 3.8) is 0 Å². The molecule has 0 fully saturated rings. The summed E-state index contributed by atoms with van der Waals surface area (Å²) >= 11 is 2.71. The Morgan fingerprint density at radius 3 is 2.70 bits per heavy atom. The smallest absolute Gasteiger partial charge is 0.271 e. The summed E-state index contributed by atoms with van der Waals surface area (Å²) in [6, 6.07) is 9.89. The zero-order valence-electron chi connectivity index (χ0n) is 14.6. The maximum absolute atomic E-state index is 12.7. The van der Waals surface area contributed by atoms with Crippen molar-refractivity contribution in [3.05, 3.63) is 73.6 Å². The van der Waals surface area contributed by atoms with Crippen LogP contribution in [-0.2, 0) is 6.42 Å². The molecular formula is C18H15N5O2S2. The molecule has 0 aliphatic heterocycles. The number of benzene rings is 1. The Morgan fingerprint density at radius 2 is 1.93 bits per heavy atom. The predicted molar refractivity (Wildman–Crippen MR) is 106 cm³/mol. The third-order valence-electron chi connectivity index (χ3n) is 4.15. The first-order valence-corrected chi connectivity index (χ1v) is 9.81. The first-order valence-electron chi connectivity index (χ1n) is 8.18. The third-order valence-corrected chi connectivity index (χ3v) is 6.06. The number of carbonyl (C=O) groups is 1. The lowest BCUT2D eigenvalue weighted by atomic mass is 10.2. The van der Waals surface area contributed by atoms with E-state index in [1.54, 1.807) is 0 Å². The number of thiazole rings is 1. The Morgan fingerprint density at radius 1 is 1.15 bits per heavy atom. The van der Waals surface area contributed by atoms with Crippen molar-refractivity contribution in [1.82, 2.24) is 19.6 Å². The maximum atomic E-state index is 12.7. The molecule has 0 radical (unpaired) electrons. The summed E-state index contributed by atoms with van der Waals surface area (Å²) in [6.07, 6.45) is 1.95. The molecule has 0 saturated carbocycles. The molecule has 0 aliphatic carbocycles. The fourth-order valence-electron chi connectivity index (χ4n) is 2.64. The van der Waals surface area contributed by atoms with Crippen molar-refractivity contribution in [2.45, 2.75) is 20.3 Å². The Hall–Kier alpha value is -2.91. The van der Waals surface area contributed by atoms with Gasteiger partial charge in [0.25, 0.3) is 11.5 Å². The molecule has 27 heavy (non-hydrogen) atoms. The van der Waals surface area contributed by atoms with Crippen LogP contribution in [0.2, 0.25) is 0 Å². The number of hydrogen-bond donors (Lipinski definition) is 1. The molecular weight excluding hydrogens is 382 g/mol. The fraction of sp³-hybridized carbons (Fsp3) is 0.167. The minimum absolute atomic E-state index is 0.0202. The van der Waals surface area contributed by atoms with E-state index in [4.69, 9.17) is 0 Å². The number of rotatable bonds is 4. The van der Waals surface area contributed by atoms with Gasteiger partial charge >= 0.3 is 0 Å². The number of amides is 1. The normalized spacial score (nSPS) is 11.0. The summed E-state index contributed by atoms with van der Waals surface area (Å²) in [6.45, 7) is 3.76. The number of carbonyl (C=O) groups excluding carboxylic acids is 1. The van der Waals surface area contributed by atoms with Gasteiger partial charge in [0.05, 0.1) is 0 Å². The Kier molecular flexibility index (Phi) is 4.54. The largest absolute Gasteiger partial charge is 0.296 e. The van der Waals surface area contributed by atoms with Gasteiger partial charge in [-0.25, -0.2) is 4.98 Å². The molecule has 1 amide bonds. The molecule has 0 spiro atoms. The Labute approximate surface area is 162 Å². The molecule has 4 rings (SSSR count). The van der Waals surface area contributed by atoms with Crippen molar-refractivity contribution in [3.8, 4) is 0 Å². The van der Waals surface area contributed by atoms with Gasteiger partial charge in [-0.05, 0) is 19.4 Å². The van der Waals surface area contributed by atoms with Crippen LogP contribution in [0.4, 0.5) is 5.13 Å². The van der Waals surface area contributed by atoms with E-state index in [1.165, 1.54) is 33.3 Å². The van der Waals surface area contributed by atoms with Crippen LogP contribution in [0.1, 0.15) is 31.5 Å². The highest BCUT2D eigenvalue weighted by Crippen LogP contribution is 2.20. The van der Waals surface area contributed by atoms with Crippen LogP contribution in [0.25, 0.3) is 4.96 Å². The molecule has 3 heterocycles. The van der Waals surface area contributed by atoms with E-state index in [9.17, 15) is 9.59 Å². The molecule has 0 bridgehead atoms. The Balaban J connectivity index is 1.56. The molecule has 3 aromatic heterocycles. The molecule has 7 nitrogen and oxygen atoms in total. The average Bonchev–Trinajstić information content (AvgIpc) is 3.20. The monoisotopic (exact) mass is 397 g/mol. The van der Waals surface area contributed by atoms with Crippen LogP contribution < -0.4 is 10.9 Å². The number of anilines is 1. The topological polar surface area (TPSA) is 89.2 Å². The number of aryl methyl sites for hydroxylation is 2. The summed E-state index contributed by atoms with van der Waals surface area (Å²) < 4.78 is 1.47. The number of aromatic nitrogens is 4. The van der Waals surface area contributed by atoms with Gasteiger partial charge in [0, 0.05) is 23.2 Å². The van der Waals surface area contributed by atoms with E-state index < -0.39 is 5.91 Å². The van der Waals surface area contributed by atoms with Crippen molar-refractivity contribution in [1.29, 1.82) is 0 Å². The van der Waals surface area contributed by atoms with Gasteiger partial charge in [-0.2, -0.15) is 0 Å². The number of nitrogens with one attached hydrogen (secondary N) is 1. The lowest BCUT2D eigenvalue weighted by molar-refractivity contribution is 0.102. The van der Waals surface area contributed by atoms with Crippen molar-refractivity contribution in [2.75, 3.05) is 5.32 Å². The zero-order valence-corrected chi connectivity index (χ0v) is 16.2. The summed E-state index contributed by atoms with van der Waals surface area (Å²) in [5.41, 5.74) is 1.51. The number of nitrogens with zero attached hydrogens (tertiary/aromatic N) is 4. The van der Waals surface area contributed by atoms with Gasteiger partial charge in [-0.1, -0.05) is 41.7 Å². The first kappa shape index (κ1) is 17.5. The third kappa shape index (κ3) is 3.38. The second-order valence-corrected chi connectivity index (χ2v) is 8.20. The van der Waals surface area contributed by atoms with Gasteiger partial charge < -0.3 is 0 Å². The highest BCUT2D eigenvalue weighted by molar-refractivity contribution is 7.17. The number of hydrogen-bond acceptors (Lipinski definition) is 7. The second-order valence-electron chi connectivity index (χ2n) is 5.96. The molecule has 9 heteroatoms. The highest BCUT2D eigenvalue weighted by atomic mass is 32.1. The Bertz CT molecular complexity index is 1190. The van der Waals surface area contributed by atoms with Crippen LogP contribution in [-0.4, -0.2) is 25.5 Å². The summed E-state index contributed by atoms with van der Waals surface area (Å²) in [5.74, 6) is -0.535. The van der Waals surface area contributed by atoms with E-state index in [0.717, 1.165) is 21.1 Å². The van der Waals surface area contributed by atoms with E-state index in [1.807, 2.05) is 44.2 Å². The van der Waals surface area contributed by atoms with E-state index in [2.05, 4.69) is 20.5 Å². The van der Waals surface area contributed by atoms with E-state index >= 15 is 0 Å². The van der Waals surface area contributed by atoms with Gasteiger partial charge in [-0.15, -0.1) is 21.5 Å². The van der Waals surface area contributed by atoms with Crippen LogP contribution in [0.5, 0.6) is 0 Å². The molecule has 0 unspecified atom stereocenters. The fourth-order valence-corrected chi connectivity index (χ4v) is 4.34. The molecule has 0 saturated heterocycles. The van der Waals surface area contributed by atoms with E-state index in [-0.39, 0.29) is 11.1 Å². The SMILES string of the molecule is Cc1sc2ncc(C(=O)Nc3nnc(Cc4ccccc4)s3)c(=O)n2c1C. The predicted octanol–water partition coefficient (Wildman–Crippen LogP) is 3.07. The summed E-state index contributed by atoms with van der Waals surface area (Å²) in [5, 5.41) is 11.9. The van der Waals surface area contributed by atoms with Crippen molar-refractivity contribution in [2.24, 2.45) is 0 Å². The standard InChI is InChI=1S/C18H15N5O2S2/c1-10-11(2)26-18-19-9-13(16(25)23(10)18)15(24)20-17-22-21-14(27-17)8-12-6-4-3-5-7-12/h3-7,9H,8H2,1-2H3,(H,20,22,24). The molecule has 1 N–H and O–H groups in total. The van der Waals surface area contributed by atoms with Crippen LogP contribution >= 0.6 is 22.7 Å². The zero-order chi connectivity index (χ0) is 19.0. The lowest BCUT2D eigenvalue weighted by Gasteiger charge is -2.02. The molecule has 0 aliphatic rings. The average molecular weight is 397 g/mol. The summed E-state index contributed by atoms with van der Waals surface area (Å²) in [4.78, 5) is 31.0. The number of fused-ring (bicyclic) bond motifs is 1. The quantitative estimate of drug-likeness (QED) is 0.572. The van der Waals surface area contributed by atoms with E-state index in [0.29, 0.717) is 16.5 Å². The summed E-state index contributed by atoms with van der Waals surface area (Å²) in [7, 11) is 0. The first-order chi connectivity index (χ1) is 13.0. The molecule has 4 aromatic rings. The lowest BCUT2D eigenvalue weighted by Crippen LogP contribution is -2.26. The molecule has 0 atom stereocenters. The van der Waals surface area contributed by atoms with Gasteiger partial charge in [0.1, 0.15) is 10.6 Å².